The van der Waals surface area contributed by atoms with Gasteiger partial charge in [0, 0.05) is 17.2 Å². The van der Waals surface area contributed by atoms with Gasteiger partial charge in [0.05, 0.1) is 24.2 Å². The maximum atomic E-state index is 13.5. The Balaban J connectivity index is 2.13. The van der Waals surface area contributed by atoms with Crippen LogP contribution in [0.2, 0.25) is 0 Å². The van der Waals surface area contributed by atoms with Crippen LogP contribution in [-0.4, -0.2) is 22.8 Å². The van der Waals surface area contributed by atoms with Crippen LogP contribution in [0.25, 0.3) is 0 Å². The quantitative estimate of drug-likeness (QED) is 0.757. The van der Waals surface area contributed by atoms with Crippen molar-refractivity contribution in [1.82, 2.24) is 5.32 Å². The molecule has 0 bridgehead atoms. The predicted molar refractivity (Wildman–Crippen MR) is 102 cm³/mol. The number of amides is 1. The largest absolute Gasteiger partial charge is 0.392 e. The molecule has 142 valence electrons. The second-order valence-electron chi connectivity index (χ2n) is 8.06. The van der Waals surface area contributed by atoms with Crippen molar-refractivity contribution in [3.63, 3.8) is 0 Å². The van der Waals surface area contributed by atoms with Crippen LogP contribution in [0.1, 0.15) is 61.5 Å². The van der Waals surface area contributed by atoms with Crippen molar-refractivity contribution in [1.29, 1.82) is 5.26 Å². The van der Waals surface area contributed by atoms with E-state index in [1.165, 1.54) is 0 Å². The molecule has 5 nitrogen and oxygen atoms in total. The number of nitrogens with one attached hydrogen (secondary N) is 1. The number of nitriles is 1. The van der Waals surface area contributed by atoms with E-state index < -0.39 is 5.92 Å². The summed E-state index contributed by atoms with van der Waals surface area (Å²) in [6.07, 6.45) is 3.16. The number of benzene rings is 1. The number of ketones is 1. The van der Waals surface area contributed by atoms with E-state index >= 15 is 0 Å². The molecule has 0 saturated heterocycles. The van der Waals surface area contributed by atoms with Gasteiger partial charge in [-0.25, -0.2) is 0 Å². The van der Waals surface area contributed by atoms with Gasteiger partial charge in [-0.05, 0) is 67.4 Å². The van der Waals surface area contributed by atoms with Crippen molar-refractivity contribution in [2.24, 2.45) is 17.8 Å². The van der Waals surface area contributed by atoms with Gasteiger partial charge in [-0.3, -0.25) is 9.59 Å². The topological polar surface area (TPSA) is 90.2 Å². The normalized spacial score (nSPS) is 22.6. The van der Waals surface area contributed by atoms with Crippen molar-refractivity contribution < 1.29 is 14.7 Å². The minimum atomic E-state index is -0.495. The van der Waals surface area contributed by atoms with Gasteiger partial charge in [0.2, 0.25) is 5.91 Å². The number of Topliss-reactive ketones (excluding diaryl/α,β-unsaturated/α-hetero) is 1. The van der Waals surface area contributed by atoms with Crippen molar-refractivity contribution in [3.05, 3.63) is 46.0 Å². The molecule has 27 heavy (non-hydrogen) atoms. The molecule has 1 amide bonds. The highest BCUT2D eigenvalue weighted by Gasteiger charge is 2.40. The van der Waals surface area contributed by atoms with Crippen molar-refractivity contribution in [3.8, 4) is 6.07 Å². The van der Waals surface area contributed by atoms with E-state index in [4.69, 9.17) is 0 Å². The van der Waals surface area contributed by atoms with Crippen LogP contribution in [0.4, 0.5) is 0 Å². The number of aliphatic hydroxyl groups is 1. The molecule has 1 heterocycles. The maximum absolute atomic E-state index is 13.5. The highest BCUT2D eigenvalue weighted by molar-refractivity contribution is 6.13. The summed E-state index contributed by atoms with van der Waals surface area (Å²) in [7, 11) is 0. The maximum Gasteiger partial charge on any atom is 0.228 e. The van der Waals surface area contributed by atoms with E-state index in [-0.39, 0.29) is 30.3 Å². The molecular formula is C22H26N2O3. The number of nitrogens with zero attached hydrogens (tertiary/aromatic N) is 1. The third kappa shape index (κ3) is 3.96. The summed E-state index contributed by atoms with van der Waals surface area (Å²) in [5.41, 5.74) is 2.84. The summed E-state index contributed by atoms with van der Waals surface area (Å²) >= 11 is 0. The van der Waals surface area contributed by atoms with Gasteiger partial charge in [-0.15, -0.1) is 0 Å². The zero-order valence-electron chi connectivity index (χ0n) is 16.1. The Morgan fingerprint density at radius 3 is 2.59 bits per heavy atom. The first-order valence-corrected chi connectivity index (χ1v) is 9.58. The Morgan fingerprint density at radius 1 is 1.33 bits per heavy atom. The minimum absolute atomic E-state index is 0.0119. The first kappa shape index (κ1) is 19.3. The summed E-state index contributed by atoms with van der Waals surface area (Å²) in [4.78, 5) is 26.2. The van der Waals surface area contributed by atoms with Gasteiger partial charge in [-0.1, -0.05) is 13.8 Å². The Kier molecular flexibility index (Phi) is 5.48. The standard InChI is InChI=1S/C22H26N2O3/c1-12(2)19-20(18(9-14-4-5-14)13(3)24-22(19)27)21(26)17-7-15(10-23)6-16(8-17)11-25/h6-8,12-14,19,25H,4-5,9,11H2,1-3H3,(H,24,27). The summed E-state index contributed by atoms with van der Waals surface area (Å²) in [6.45, 7) is 5.60. The van der Waals surface area contributed by atoms with Crippen LogP contribution < -0.4 is 5.32 Å². The molecule has 2 atom stereocenters. The number of rotatable bonds is 6. The lowest BCUT2D eigenvalue weighted by molar-refractivity contribution is -0.126. The van der Waals surface area contributed by atoms with Crippen LogP contribution in [0, 0.1) is 29.1 Å². The van der Waals surface area contributed by atoms with Gasteiger partial charge in [0.25, 0.3) is 0 Å². The SMILES string of the molecule is CC1NC(=O)C(C(C)C)C(C(=O)c2cc(C#N)cc(CO)c2)=C1CC1CC1. The Morgan fingerprint density at radius 2 is 2.04 bits per heavy atom. The average molecular weight is 366 g/mol. The Hall–Kier alpha value is -2.45. The molecule has 3 rings (SSSR count). The molecule has 2 unspecified atom stereocenters. The summed E-state index contributed by atoms with van der Waals surface area (Å²) in [5.74, 6) is -0.226. The molecule has 1 aromatic rings. The lowest BCUT2D eigenvalue weighted by Crippen LogP contribution is -2.47. The van der Waals surface area contributed by atoms with E-state index in [9.17, 15) is 20.0 Å². The van der Waals surface area contributed by atoms with Crippen LogP contribution in [0.15, 0.2) is 29.3 Å². The number of carbonyl (C=O) groups excluding carboxylic acids is 2. The molecule has 1 saturated carbocycles. The van der Waals surface area contributed by atoms with Gasteiger partial charge in [0.15, 0.2) is 5.78 Å². The third-order valence-corrected chi connectivity index (χ3v) is 5.50. The van der Waals surface area contributed by atoms with Gasteiger partial charge < -0.3 is 10.4 Å². The van der Waals surface area contributed by atoms with Crippen molar-refractivity contribution in [2.45, 2.75) is 52.7 Å². The van der Waals surface area contributed by atoms with Crippen molar-refractivity contribution in [2.75, 3.05) is 0 Å². The predicted octanol–water partition coefficient (Wildman–Crippen LogP) is 3.12. The van der Waals surface area contributed by atoms with Crippen LogP contribution in [0.3, 0.4) is 0 Å². The number of hydrogen-bond donors (Lipinski definition) is 2. The van der Waals surface area contributed by atoms with Gasteiger partial charge in [-0.2, -0.15) is 5.26 Å². The van der Waals surface area contributed by atoms with Gasteiger partial charge in [0.1, 0.15) is 0 Å². The number of aliphatic hydroxyl groups excluding tert-OH is 1. The lowest BCUT2D eigenvalue weighted by atomic mass is 9.75. The zero-order valence-corrected chi connectivity index (χ0v) is 16.1. The third-order valence-electron chi connectivity index (χ3n) is 5.50. The molecule has 0 spiro atoms. The van der Waals surface area contributed by atoms with E-state index in [0.29, 0.717) is 28.2 Å². The molecule has 2 aliphatic rings. The highest BCUT2D eigenvalue weighted by atomic mass is 16.3. The Bertz CT molecular complexity index is 844. The molecule has 2 N–H and O–H groups in total. The first-order valence-electron chi connectivity index (χ1n) is 9.58. The second-order valence-corrected chi connectivity index (χ2v) is 8.06. The van der Waals surface area contributed by atoms with Gasteiger partial charge >= 0.3 is 0 Å². The lowest BCUT2D eigenvalue weighted by Gasteiger charge is -2.34. The van der Waals surface area contributed by atoms with Crippen LogP contribution in [-0.2, 0) is 11.4 Å². The molecule has 5 heteroatoms. The second kappa shape index (κ2) is 7.66. The fourth-order valence-electron chi connectivity index (χ4n) is 3.93. The zero-order chi connectivity index (χ0) is 19.7. The number of carbonyl (C=O) groups is 2. The minimum Gasteiger partial charge on any atom is -0.392 e. The highest BCUT2D eigenvalue weighted by Crippen LogP contribution is 2.41. The van der Waals surface area contributed by atoms with E-state index in [1.807, 2.05) is 26.8 Å². The molecule has 0 aromatic heterocycles. The molecular weight excluding hydrogens is 340 g/mol. The summed E-state index contributed by atoms with van der Waals surface area (Å²) in [5, 5.41) is 21.8. The monoisotopic (exact) mass is 366 g/mol. The fourth-order valence-corrected chi connectivity index (χ4v) is 3.93. The molecule has 1 aliphatic heterocycles. The van der Waals surface area contributed by atoms with Crippen molar-refractivity contribution >= 4 is 11.7 Å². The average Bonchev–Trinajstić information content (AvgIpc) is 3.46. The summed E-state index contributed by atoms with van der Waals surface area (Å²) in [6, 6.07) is 6.64. The van der Waals surface area contributed by atoms with Crippen LogP contribution >= 0.6 is 0 Å². The Labute approximate surface area is 160 Å². The molecule has 1 aromatic carbocycles. The van der Waals surface area contributed by atoms with E-state index in [1.54, 1.807) is 18.2 Å². The van der Waals surface area contributed by atoms with Crippen LogP contribution in [0.5, 0.6) is 0 Å². The fraction of sp³-hybridized carbons (Fsp3) is 0.500. The molecule has 1 fully saturated rings. The molecule has 1 aliphatic carbocycles. The summed E-state index contributed by atoms with van der Waals surface area (Å²) < 4.78 is 0. The van der Waals surface area contributed by atoms with E-state index in [0.717, 1.165) is 24.8 Å². The molecule has 0 radical (unpaired) electrons. The number of hydrogen-bond acceptors (Lipinski definition) is 4. The smallest absolute Gasteiger partial charge is 0.228 e. The first-order chi connectivity index (χ1) is 12.8. The van der Waals surface area contributed by atoms with E-state index in [2.05, 4.69) is 5.32 Å².